The fourth-order valence-electron chi connectivity index (χ4n) is 6.16. The molecule has 0 saturated carbocycles. The zero-order chi connectivity index (χ0) is 28.7. The van der Waals surface area contributed by atoms with Crippen LogP contribution in [0.4, 0.5) is 0 Å². The number of likely N-dealkylation sites (N-methyl/N-ethyl adjacent to an activating group) is 1. The molecule has 6 rings (SSSR count). The van der Waals surface area contributed by atoms with Gasteiger partial charge in [0.2, 0.25) is 5.91 Å². The number of fused-ring (bicyclic) bond motifs is 1. The summed E-state index contributed by atoms with van der Waals surface area (Å²) < 4.78 is 0.139. The number of benzene rings is 3. The number of H-pyrrole nitrogens is 1. The van der Waals surface area contributed by atoms with Crippen molar-refractivity contribution in [1.82, 2.24) is 19.7 Å². The molecule has 0 radical (unpaired) electrons. The van der Waals surface area contributed by atoms with Gasteiger partial charge in [-0.1, -0.05) is 63.4 Å². The highest BCUT2D eigenvalue weighted by atomic mass is 79.9. The Kier molecular flexibility index (Phi) is 8.24. The number of aromatic amines is 1. The Morgan fingerprint density at radius 3 is 2.49 bits per heavy atom. The molecule has 3 aromatic carbocycles. The molecule has 2 N–H and O–H groups in total. The summed E-state index contributed by atoms with van der Waals surface area (Å²) in [6.07, 6.45) is 1.38. The summed E-state index contributed by atoms with van der Waals surface area (Å²) in [5.41, 5.74) is 4.12. The van der Waals surface area contributed by atoms with Crippen LogP contribution in [0.15, 0.2) is 82.3 Å². The number of nitrogens with zero attached hydrogens (tertiary/aromatic N) is 3. The van der Waals surface area contributed by atoms with Gasteiger partial charge in [-0.2, -0.15) is 0 Å². The quantitative estimate of drug-likeness (QED) is 0.240. The summed E-state index contributed by atoms with van der Waals surface area (Å²) in [5, 5.41) is 14.1. The summed E-state index contributed by atoms with van der Waals surface area (Å²) in [5.74, 6) is 0.0361. The maximum Gasteiger partial charge on any atom is 0.225 e. The van der Waals surface area contributed by atoms with E-state index in [2.05, 4.69) is 69.0 Å². The van der Waals surface area contributed by atoms with Crippen LogP contribution in [0.3, 0.4) is 0 Å². The maximum absolute atomic E-state index is 14.2. The second-order valence-electron chi connectivity index (χ2n) is 11.2. The second kappa shape index (κ2) is 11.7. The molecular formula is C32H34BrClN4O2S. The number of halogens is 2. The summed E-state index contributed by atoms with van der Waals surface area (Å²) in [4.78, 5) is 25.0. The van der Waals surface area contributed by atoms with Gasteiger partial charge in [0.15, 0.2) is 0 Å². The Bertz CT molecular complexity index is 1540. The number of piperazine rings is 1. The second-order valence-corrected chi connectivity index (χ2v) is 14.0. The zero-order valence-corrected chi connectivity index (χ0v) is 26.3. The molecule has 0 aliphatic carbocycles. The van der Waals surface area contributed by atoms with Gasteiger partial charge in [0.25, 0.3) is 0 Å². The van der Waals surface area contributed by atoms with Crippen LogP contribution in [0.25, 0.3) is 10.9 Å². The molecule has 2 fully saturated rings. The maximum atomic E-state index is 14.2. The Morgan fingerprint density at radius 1 is 1.07 bits per heavy atom. The number of aryl methyl sites for hydroxylation is 1. The van der Waals surface area contributed by atoms with Crippen LogP contribution in [0, 0.1) is 6.92 Å². The molecule has 2 aliphatic rings. The number of amides is 1. The van der Waals surface area contributed by atoms with Crippen molar-refractivity contribution in [3.63, 3.8) is 0 Å². The van der Waals surface area contributed by atoms with Crippen molar-refractivity contribution in [2.24, 2.45) is 0 Å². The van der Waals surface area contributed by atoms with Gasteiger partial charge < -0.3 is 19.9 Å². The third-order valence-electron chi connectivity index (χ3n) is 8.41. The Labute approximate surface area is 258 Å². The van der Waals surface area contributed by atoms with E-state index >= 15 is 0 Å². The first kappa shape index (κ1) is 28.8. The van der Waals surface area contributed by atoms with Gasteiger partial charge in [-0.25, -0.2) is 0 Å². The minimum atomic E-state index is -0.855. The first-order valence-electron chi connectivity index (χ1n) is 13.9. The molecule has 3 unspecified atom stereocenters. The SMILES string of the molecule is Cc1ccc(SC2(C(O)N3CCN(C)CC3)CC(=O)N(Cc3ccc(Br)cc3)C2c2c[nH]c3cc(Cl)ccc23)cc1. The highest BCUT2D eigenvalue weighted by molar-refractivity contribution is 9.10. The van der Waals surface area contributed by atoms with E-state index in [0.29, 0.717) is 11.6 Å². The largest absolute Gasteiger partial charge is 0.377 e. The summed E-state index contributed by atoms with van der Waals surface area (Å²) >= 11 is 11.5. The molecular weight excluding hydrogens is 620 g/mol. The van der Waals surface area contributed by atoms with Gasteiger partial charge in [-0.3, -0.25) is 9.69 Å². The van der Waals surface area contributed by atoms with Crippen molar-refractivity contribution < 1.29 is 9.90 Å². The lowest BCUT2D eigenvalue weighted by Crippen LogP contribution is -2.58. The number of hydrogen-bond donors (Lipinski definition) is 2. The van der Waals surface area contributed by atoms with E-state index in [9.17, 15) is 9.90 Å². The van der Waals surface area contributed by atoms with E-state index in [-0.39, 0.29) is 12.3 Å². The molecule has 41 heavy (non-hydrogen) atoms. The van der Waals surface area contributed by atoms with E-state index in [4.69, 9.17) is 11.6 Å². The summed E-state index contributed by atoms with van der Waals surface area (Å²) in [7, 11) is 2.11. The van der Waals surface area contributed by atoms with Crippen molar-refractivity contribution in [2.45, 2.75) is 41.8 Å². The van der Waals surface area contributed by atoms with Crippen LogP contribution in [0.5, 0.6) is 0 Å². The van der Waals surface area contributed by atoms with E-state index in [1.165, 1.54) is 5.56 Å². The average molecular weight is 654 g/mol. The zero-order valence-electron chi connectivity index (χ0n) is 23.2. The number of thioether (sulfide) groups is 1. The minimum absolute atomic E-state index is 0.0361. The lowest BCUT2D eigenvalue weighted by molar-refractivity contribution is -0.129. The van der Waals surface area contributed by atoms with Gasteiger partial charge in [0, 0.05) is 76.2 Å². The molecule has 2 saturated heterocycles. The van der Waals surface area contributed by atoms with E-state index < -0.39 is 17.0 Å². The van der Waals surface area contributed by atoms with Crippen molar-refractivity contribution in [1.29, 1.82) is 0 Å². The number of nitrogens with one attached hydrogen (secondary N) is 1. The molecule has 9 heteroatoms. The van der Waals surface area contributed by atoms with Crippen molar-refractivity contribution in [2.75, 3.05) is 33.2 Å². The normalized spacial score (nSPS) is 23.0. The Hall–Kier alpha value is -2.33. The number of carbonyl (C=O) groups is 1. The van der Waals surface area contributed by atoms with Crippen molar-refractivity contribution >= 4 is 56.1 Å². The van der Waals surface area contributed by atoms with Crippen molar-refractivity contribution in [3.8, 4) is 0 Å². The summed E-state index contributed by atoms with van der Waals surface area (Å²) in [6.45, 7) is 5.74. The number of aliphatic hydroxyl groups is 1. The van der Waals surface area contributed by atoms with E-state index in [0.717, 1.165) is 57.6 Å². The molecule has 0 bridgehead atoms. The highest BCUT2D eigenvalue weighted by Gasteiger charge is 2.59. The highest BCUT2D eigenvalue weighted by Crippen LogP contribution is 2.56. The van der Waals surface area contributed by atoms with Crippen LogP contribution < -0.4 is 0 Å². The molecule has 2 aliphatic heterocycles. The number of aromatic nitrogens is 1. The fraction of sp³-hybridized carbons (Fsp3) is 0.344. The van der Waals surface area contributed by atoms with Gasteiger partial charge in [-0.05, 0) is 55.9 Å². The number of rotatable bonds is 7. The molecule has 0 spiro atoms. The predicted octanol–water partition coefficient (Wildman–Crippen LogP) is 6.46. The van der Waals surface area contributed by atoms with Gasteiger partial charge in [-0.15, -0.1) is 11.8 Å². The van der Waals surface area contributed by atoms with Crippen molar-refractivity contribution in [3.05, 3.63) is 99.1 Å². The van der Waals surface area contributed by atoms with Gasteiger partial charge >= 0.3 is 0 Å². The first-order chi connectivity index (χ1) is 19.7. The lowest BCUT2D eigenvalue weighted by atomic mass is 9.89. The van der Waals surface area contributed by atoms with Gasteiger partial charge in [0.1, 0.15) is 6.23 Å². The predicted molar refractivity (Wildman–Crippen MR) is 170 cm³/mol. The molecule has 1 aromatic heterocycles. The topological polar surface area (TPSA) is 62.8 Å². The average Bonchev–Trinajstić information content (AvgIpc) is 3.48. The number of hydrogen-bond acceptors (Lipinski definition) is 5. The van der Waals surface area contributed by atoms with Crippen LogP contribution in [-0.4, -0.2) is 74.9 Å². The van der Waals surface area contributed by atoms with E-state index in [1.807, 2.05) is 53.6 Å². The summed E-state index contributed by atoms with van der Waals surface area (Å²) in [6, 6.07) is 21.9. The molecule has 1 amide bonds. The molecule has 3 atom stereocenters. The Morgan fingerprint density at radius 2 is 1.78 bits per heavy atom. The lowest BCUT2D eigenvalue weighted by Gasteiger charge is -2.46. The monoisotopic (exact) mass is 652 g/mol. The van der Waals surface area contributed by atoms with Crippen LogP contribution in [0.2, 0.25) is 5.02 Å². The molecule has 3 heterocycles. The first-order valence-corrected chi connectivity index (χ1v) is 15.9. The third kappa shape index (κ3) is 5.70. The molecule has 4 aromatic rings. The third-order valence-corrected chi connectivity index (χ3v) is 10.6. The number of aliphatic hydroxyl groups excluding tert-OH is 1. The van der Waals surface area contributed by atoms with E-state index in [1.54, 1.807) is 11.8 Å². The van der Waals surface area contributed by atoms with Crippen LogP contribution in [0.1, 0.15) is 29.2 Å². The molecule has 6 nitrogen and oxygen atoms in total. The van der Waals surface area contributed by atoms with Crippen LogP contribution >= 0.6 is 39.3 Å². The number of likely N-dealkylation sites (tertiary alicyclic amines) is 1. The standard InChI is InChI=1S/C32H34BrClN4O2S/c1-21-3-10-25(11-4-21)41-32(31(40)37-15-13-36(2)14-16-37)18-29(39)38(20-22-5-7-23(33)8-6-22)30(32)27-19-35-28-17-24(34)9-12-26(27)28/h3-12,17,19,30-31,35,40H,13-16,18,20H2,1-2H3. The molecule has 214 valence electrons. The Balaban J connectivity index is 1.51. The fourth-order valence-corrected chi connectivity index (χ4v) is 8.13. The van der Waals surface area contributed by atoms with Crippen LogP contribution in [-0.2, 0) is 11.3 Å². The smallest absolute Gasteiger partial charge is 0.225 e. The van der Waals surface area contributed by atoms with Gasteiger partial charge in [0.05, 0.1) is 10.8 Å². The number of carbonyl (C=O) groups excluding carboxylic acids is 1. The minimum Gasteiger partial charge on any atom is -0.377 e.